The van der Waals surface area contributed by atoms with E-state index in [1.807, 2.05) is 6.92 Å². The number of carboxylic acids is 1. The minimum Gasteiger partial charge on any atom is -0.481 e. The number of allylic oxidation sites excluding steroid dienone is 1. The number of fused-ring (bicyclic) bond motifs is 7. The molecule has 4 fully saturated rings. The molecule has 3 nitrogen and oxygen atoms in total. The Kier molecular flexibility index (Phi) is 4.99. The molecule has 186 valence electrons. The number of aliphatic hydroxyl groups is 1. The van der Waals surface area contributed by atoms with Crippen molar-refractivity contribution in [2.45, 2.75) is 119 Å². The summed E-state index contributed by atoms with van der Waals surface area (Å²) in [5.74, 6) is 1.12. The first-order valence-corrected chi connectivity index (χ1v) is 13.8. The Morgan fingerprint density at radius 2 is 1.45 bits per heavy atom. The van der Waals surface area contributed by atoms with Crippen molar-refractivity contribution in [1.82, 2.24) is 0 Å². The SMILES string of the molecule is CC1(C)C2=CC[C@H]3[C@@](C)(CC[C@@]4(C)[C@@H]5C[C@](C)(C(=O)O)CC[C@]5(C)CC[C@]34C)[C@H]2CC[C@@H]1O. The van der Waals surface area contributed by atoms with Gasteiger partial charge in [-0.15, -0.1) is 0 Å². The molecule has 0 heterocycles. The van der Waals surface area contributed by atoms with Gasteiger partial charge in [-0.25, -0.2) is 0 Å². The van der Waals surface area contributed by atoms with Crippen molar-refractivity contribution in [3.63, 3.8) is 0 Å². The first-order valence-electron chi connectivity index (χ1n) is 13.8. The first kappa shape index (κ1) is 23.9. The molecule has 0 unspecified atom stereocenters. The molecule has 9 atom stereocenters. The highest BCUT2D eigenvalue weighted by atomic mass is 16.4. The molecule has 0 aromatic rings. The van der Waals surface area contributed by atoms with Crippen LogP contribution >= 0.6 is 0 Å². The molecule has 3 heteroatoms. The van der Waals surface area contributed by atoms with Crippen LogP contribution in [-0.4, -0.2) is 22.3 Å². The zero-order chi connectivity index (χ0) is 24.2. The monoisotopic (exact) mass is 456 g/mol. The lowest BCUT2D eigenvalue weighted by atomic mass is 9.31. The molecule has 0 radical (unpaired) electrons. The summed E-state index contributed by atoms with van der Waals surface area (Å²) >= 11 is 0. The van der Waals surface area contributed by atoms with E-state index in [1.54, 1.807) is 0 Å². The number of aliphatic carboxylic acids is 1. The van der Waals surface area contributed by atoms with Crippen molar-refractivity contribution in [3.05, 3.63) is 11.6 Å². The van der Waals surface area contributed by atoms with Crippen LogP contribution in [0.15, 0.2) is 11.6 Å². The zero-order valence-electron chi connectivity index (χ0n) is 22.3. The fourth-order valence-electron chi connectivity index (χ4n) is 10.5. The van der Waals surface area contributed by atoms with Crippen LogP contribution in [0.5, 0.6) is 0 Å². The van der Waals surface area contributed by atoms with Gasteiger partial charge in [0.15, 0.2) is 0 Å². The van der Waals surface area contributed by atoms with E-state index >= 15 is 0 Å². The summed E-state index contributed by atoms with van der Waals surface area (Å²) in [5.41, 5.74) is 1.84. The summed E-state index contributed by atoms with van der Waals surface area (Å²) in [6, 6.07) is 0. The number of carbonyl (C=O) groups is 1. The number of rotatable bonds is 1. The summed E-state index contributed by atoms with van der Waals surface area (Å²) in [5, 5.41) is 20.9. The third kappa shape index (κ3) is 2.87. The fraction of sp³-hybridized carbons (Fsp3) is 0.900. The van der Waals surface area contributed by atoms with Gasteiger partial charge >= 0.3 is 5.97 Å². The molecule has 33 heavy (non-hydrogen) atoms. The summed E-state index contributed by atoms with van der Waals surface area (Å²) in [6.07, 6.45) is 13.2. The third-order valence-corrected chi connectivity index (χ3v) is 13.3. The molecule has 5 rings (SSSR count). The van der Waals surface area contributed by atoms with E-state index in [-0.39, 0.29) is 33.2 Å². The molecule has 0 aromatic carbocycles. The standard InChI is InChI=1S/C30H48O3/c1-25(2)19-8-10-21-28(5,20(19)9-11-23(25)31)15-17-30(7)22-18-27(4,24(32)33)13-12-26(22,3)14-16-29(21,30)6/h8,20-23,31H,9-18H2,1-7H3,(H,32,33)/t20-,21-,22+,23-,26+,27+,28-,29+,30-/m0/s1. The topological polar surface area (TPSA) is 57.5 Å². The number of hydrogen-bond donors (Lipinski definition) is 2. The van der Waals surface area contributed by atoms with E-state index < -0.39 is 11.4 Å². The second-order valence-corrected chi connectivity index (χ2v) is 14.9. The van der Waals surface area contributed by atoms with Crippen LogP contribution in [0.3, 0.4) is 0 Å². The average Bonchev–Trinajstić information content (AvgIpc) is 2.74. The van der Waals surface area contributed by atoms with E-state index in [9.17, 15) is 15.0 Å². The van der Waals surface area contributed by atoms with Gasteiger partial charge in [0.05, 0.1) is 11.5 Å². The van der Waals surface area contributed by atoms with Crippen LogP contribution in [0.2, 0.25) is 0 Å². The number of aliphatic hydroxyl groups excluding tert-OH is 1. The average molecular weight is 457 g/mol. The molecule has 0 spiro atoms. The van der Waals surface area contributed by atoms with Gasteiger partial charge in [-0.1, -0.05) is 53.2 Å². The zero-order valence-corrected chi connectivity index (χ0v) is 22.3. The second kappa shape index (κ2) is 6.89. The van der Waals surface area contributed by atoms with Crippen molar-refractivity contribution < 1.29 is 15.0 Å². The molecule has 5 aliphatic rings. The Labute approximate surface area is 201 Å². The van der Waals surface area contributed by atoms with Gasteiger partial charge < -0.3 is 10.2 Å². The van der Waals surface area contributed by atoms with Gasteiger partial charge in [-0.2, -0.15) is 0 Å². The van der Waals surface area contributed by atoms with Gasteiger partial charge in [0.25, 0.3) is 0 Å². The van der Waals surface area contributed by atoms with E-state index in [2.05, 4.69) is 47.6 Å². The molecule has 5 aliphatic carbocycles. The van der Waals surface area contributed by atoms with E-state index in [4.69, 9.17) is 0 Å². The Hall–Kier alpha value is -0.830. The Balaban J connectivity index is 1.56. The maximum Gasteiger partial charge on any atom is 0.309 e. The van der Waals surface area contributed by atoms with Gasteiger partial charge in [0, 0.05) is 5.41 Å². The molecule has 0 bridgehead atoms. The number of carboxylic acid groups (broad SMARTS) is 1. The highest BCUT2D eigenvalue weighted by Crippen LogP contribution is 2.77. The summed E-state index contributed by atoms with van der Waals surface area (Å²) in [4.78, 5) is 12.3. The van der Waals surface area contributed by atoms with Crippen molar-refractivity contribution in [2.24, 2.45) is 50.2 Å². The molecule has 4 saturated carbocycles. The molecule has 0 saturated heterocycles. The highest BCUT2D eigenvalue weighted by molar-refractivity contribution is 5.74. The normalized spacial score (nSPS) is 55.3. The summed E-state index contributed by atoms with van der Waals surface area (Å²) in [6.45, 7) is 16.8. The quantitative estimate of drug-likeness (QED) is 0.409. The lowest BCUT2D eigenvalue weighted by Gasteiger charge is -2.73. The van der Waals surface area contributed by atoms with Gasteiger partial charge in [0.1, 0.15) is 0 Å². The van der Waals surface area contributed by atoms with Gasteiger partial charge in [-0.3, -0.25) is 4.79 Å². The van der Waals surface area contributed by atoms with Crippen LogP contribution in [0.25, 0.3) is 0 Å². The largest absolute Gasteiger partial charge is 0.481 e. The van der Waals surface area contributed by atoms with Crippen LogP contribution in [0.1, 0.15) is 113 Å². The molecule has 0 aliphatic heterocycles. The molecule has 0 amide bonds. The van der Waals surface area contributed by atoms with Gasteiger partial charge in [-0.05, 0) is 111 Å². The minimum absolute atomic E-state index is 0.115. The lowest BCUT2D eigenvalue weighted by molar-refractivity contribution is -0.232. The summed E-state index contributed by atoms with van der Waals surface area (Å²) < 4.78 is 0. The maximum absolute atomic E-state index is 12.3. The van der Waals surface area contributed by atoms with Crippen LogP contribution < -0.4 is 0 Å². The minimum atomic E-state index is -0.589. The third-order valence-electron chi connectivity index (χ3n) is 13.3. The lowest BCUT2D eigenvalue weighted by Crippen LogP contribution is -2.66. The molecule has 2 N–H and O–H groups in total. The summed E-state index contributed by atoms with van der Waals surface area (Å²) in [7, 11) is 0. The highest BCUT2D eigenvalue weighted by Gasteiger charge is 2.69. The Bertz CT molecular complexity index is 889. The predicted molar refractivity (Wildman–Crippen MR) is 133 cm³/mol. The van der Waals surface area contributed by atoms with E-state index in [0.29, 0.717) is 17.8 Å². The fourth-order valence-corrected chi connectivity index (χ4v) is 10.5. The molecule has 0 aromatic heterocycles. The van der Waals surface area contributed by atoms with Crippen LogP contribution in [0, 0.1) is 50.2 Å². The first-order chi connectivity index (χ1) is 15.1. The van der Waals surface area contributed by atoms with Crippen molar-refractivity contribution in [3.8, 4) is 0 Å². The number of hydrogen-bond acceptors (Lipinski definition) is 2. The smallest absolute Gasteiger partial charge is 0.309 e. The van der Waals surface area contributed by atoms with Gasteiger partial charge in [0.2, 0.25) is 0 Å². The van der Waals surface area contributed by atoms with E-state index in [0.717, 1.165) is 38.5 Å². The second-order valence-electron chi connectivity index (χ2n) is 14.9. The Morgan fingerprint density at radius 1 is 0.848 bits per heavy atom. The van der Waals surface area contributed by atoms with Crippen molar-refractivity contribution in [1.29, 1.82) is 0 Å². The Morgan fingerprint density at radius 3 is 2.12 bits per heavy atom. The molecular formula is C30H48O3. The molecular weight excluding hydrogens is 408 g/mol. The van der Waals surface area contributed by atoms with Crippen molar-refractivity contribution >= 4 is 5.97 Å². The van der Waals surface area contributed by atoms with Crippen LogP contribution in [0.4, 0.5) is 0 Å². The van der Waals surface area contributed by atoms with Crippen LogP contribution in [-0.2, 0) is 4.79 Å². The van der Waals surface area contributed by atoms with E-state index in [1.165, 1.54) is 31.3 Å². The van der Waals surface area contributed by atoms with Crippen molar-refractivity contribution in [2.75, 3.05) is 0 Å². The maximum atomic E-state index is 12.3. The predicted octanol–water partition coefficient (Wildman–Crippen LogP) is 7.23.